The number of allylic oxidation sites excluding steroid dienone is 4. The summed E-state index contributed by atoms with van der Waals surface area (Å²) in [5.41, 5.74) is 2.61. The highest BCUT2D eigenvalue weighted by molar-refractivity contribution is 6.40. The van der Waals surface area contributed by atoms with Crippen LogP contribution in [0.4, 0.5) is 5.69 Å². The third-order valence-electron chi connectivity index (χ3n) is 4.38. The molecule has 0 bridgehead atoms. The second-order valence-corrected chi connectivity index (χ2v) is 5.56. The molecule has 0 saturated carbocycles. The van der Waals surface area contributed by atoms with Crippen LogP contribution in [0.1, 0.15) is 25.1 Å². The van der Waals surface area contributed by atoms with Gasteiger partial charge in [-0.15, -0.1) is 0 Å². The normalized spacial score (nSPS) is 26.3. The van der Waals surface area contributed by atoms with Gasteiger partial charge >= 0.3 is 0 Å². The summed E-state index contributed by atoms with van der Waals surface area (Å²) in [6, 6.07) is 7.77. The molecule has 2 aliphatic heterocycles. The van der Waals surface area contributed by atoms with Crippen LogP contribution in [0.15, 0.2) is 48.2 Å². The molecule has 0 N–H and O–H groups in total. The fourth-order valence-corrected chi connectivity index (χ4v) is 3.32. The maximum atomic E-state index is 12.5. The number of nitrogens with zero attached hydrogens (tertiary/aromatic N) is 2. The molecule has 112 valence electrons. The zero-order valence-corrected chi connectivity index (χ0v) is 12.2. The Morgan fingerprint density at radius 1 is 1.27 bits per heavy atom. The van der Waals surface area contributed by atoms with E-state index in [1.54, 1.807) is 5.06 Å². The van der Waals surface area contributed by atoms with Gasteiger partial charge in [0, 0.05) is 17.8 Å². The lowest BCUT2D eigenvalue weighted by Gasteiger charge is -2.26. The molecule has 4 rings (SSSR count). The third-order valence-corrected chi connectivity index (χ3v) is 4.38. The number of para-hydroxylation sites is 1. The highest BCUT2D eigenvalue weighted by Crippen LogP contribution is 2.45. The molecular weight excluding hydrogens is 280 g/mol. The van der Waals surface area contributed by atoms with E-state index in [-0.39, 0.29) is 11.7 Å². The summed E-state index contributed by atoms with van der Waals surface area (Å²) in [7, 11) is 0. The zero-order chi connectivity index (χ0) is 15.3. The first-order chi connectivity index (χ1) is 10.7. The molecular formula is C17H16N2O3. The Balaban J connectivity index is 1.79. The number of hydroxylamine groups is 1. The topological polar surface area (TPSA) is 49.9 Å². The highest BCUT2D eigenvalue weighted by Gasteiger charge is 2.49. The van der Waals surface area contributed by atoms with E-state index in [9.17, 15) is 9.59 Å². The zero-order valence-electron chi connectivity index (χ0n) is 12.2. The molecule has 1 fully saturated rings. The molecule has 0 spiro atoms. The van der Waals surface area contributed by atoms with Gasteiger partial charge in [0.25, 0.3) is 5.91 Å². The summed E-state index contributed by atoms with van der Waals surface area (Å²) in [5, 5.41) is 1.77. The van der Waals surface area contributed by atoms with Crippen LogP contribution in [0.5, 0.6) is 0 Å². The van der Waals surface area contributed by atoms with E-state index in [2.05, 4.69) is 0 Å². The fourth-order valence-electron chi connectivity index (χ4n) is 3.32. The van der Waals surface area contributed by atoms with Crippen molar-refractivity contribution in [2.45, 2.75) is 19.6 Å². The molecule has 1 aromatic rings. The molecule has 2 unspecified atom stereocenters. The van der Waals surface area contributed by atoms with E-state index in [0.717, 1.165) is 16.9 Å². The molecule has 1 saturated heterocycles. The molecule has 0 aromatic heterocycles. The van der Waals surface area contributed by atoms with Gasteiger partial charge in [-0.1, -0.05) is 30.4 Å². The molecule has 5 nitrogen and oxygen atoms in total. The molecule has 2 atom stereocenters. The molecule has 5 heteroatoms. The monoisotopic (exact) mass is 296 g/mol. The van der Waals surface area contributed by atoms with Gasteiger partial charge in [-0.3, -0.25) is 19.6 Å². The molecule has 1 aromatic carbocycles. The second-order valence-electron chi connectivity index (χ2n) is 5.56. The van der Waals surface area contributed by atoms with Crippen molar-refractivity contribution in [1.29, 1.82) is 0 Å². The lowest BCUT2D eigenvalue weighted by atomic mass is 9.96. The average Bonchev–Trinajstić information content (AvgIpc) is 3.04. The van der Waals surface area contributed by atoms with E-state index in [4.69, 9.17) is 4.84 Å². The van der Waals surface area contributed by atoms with Crippen LogP contribution in [0.2, 0.25) is 0 Å². The minimum Gasteiger partial charge on any atom is -0.288 e. The average molecular weight is 296 g/mol. The van der Waals surface area contributed by atoms with Crippen molar-refractivity contribution in [2.75, 3.05) is 11.6 Å². The van der Waals surface area contributed by atoms with Crippen LogP contribution < -0.4 is 5.06 Å². The van der Waals surface area contributed by atoms with Crippen LogP contribution in [0, 0.1) is 5.92 Å². The minimum absolute atomic E-state index is 0.341. The van der Waals surface area contributed by atoms with Crippen LogP contribution in [0.25, 0.3) is 0 Å². The van der Waals surface area contributed by atoms with Gasteiger partial charge in [0.05, 0.1) is 11.6 Å². The Kier molecular flexibility index (Phi) is 2.90. The summed E-state index contributed by atoms with van der Waals surface area (Å²) in [5.74, 6) is -1.17. The van der Waals surface area contributed by atoms with Gasteiger partial charge in [0.1, 0.15) is 0 Å². The number of likely N-dealkylation sites (tertiary alicyclic amines) is 1. The van der Waals surface area contributed by atoms with E-state index in [1.807, 2.05) is 49.4 Å². The van der Waals surface area contributed by atoms with Crippen LogP contribution in [-0.4, -0.2) is 23.1 Å². The van der Waals surface area contributed by atoms with E-state index >= 15 is 0 Å². The molecule has 0 radical (unpaired) electrons. The lowest BCUT2D eigenvalue weighted by molar-refractivity contribution is -0.147. The summed E-state index contributed by atoms with van der Waals surface area (Å²) >= 11 is 0. The summed E-state index contributed by atoms with van der Waals surface area (Å²) in [6.07, 6.45) is 5.68. The predicted molar refractivity (Wildman–Crippen MR) is 80.5 cm³/mol. The van der Waals surface area contributed by atoms with Crippen molar-refractivity contribution in [3.05, 3.63) is 53.8 Å². The van der Waals surface area contributed by atoms with E-state index in [0.29, 0.717) is 13.0 Å². The quantitative estimate of drug-likeness (QED) is 0.786. The van der Waals surface area contributed by atoms with Crippen molar-refractivity contribution in [1.82, 2.24) is 4.90 Å². The number of hydrogen-bond donors (Lipinski definition) is 0. The van der Waals surface area contributed by atoms with Crippen LogP contribution in [-0.2, 0) is 14.4 Å². The van der Waals surface area contributed by atoms with Gasteiger partial charge in [0.15, 0.2) is 6.23 Å². The highest BCUT2D eigenvalue weighted by atomic mass is 16.7. The van der Waals surface area contributed by atoms with Crippen molar-refractivity contribution in [2.24, 2.45) is 5.92 Å². The molecule has 3 aliphatic rings. The largest absolute Gasteiger partial charge is 0.297 e. The summed E-state index contributed by atoms with van der Waals surface area (Å²) < 4.78 is 0. The molecule has 22 heavy (non-hydrogen) atoms. The molecule has 2 heterocycles. The Morgan fingerprint density at radius 2 is 2.09 bits per heavy atom. The maximum absolute atomic E-state index is 12.5. The Morgan fingerprint density at radius 3 is 2.91 bits per heavy atom. The SMILES string of the molecule is CCN1OC(N2C(=O)C(=O)C3CC=CC=C32)c2ccccc21. The minimum atomic E-state index is -0.560. The maximum Gasteiger partial charge on any atom is 0.297 e. The van der Waals surface area contributed by atoms with Crippen molar-refractivity contribution in [3.63, 3.8) is 0 Å². The molecule has 1 amide bonds. The predicted octanol–water partition coefficient (Wildman–Crippen LogP) is 2.33. The van der Waals surface area contributed by atoms with Crippen molar-refractivity contribution < 1.29 is 14.4 Å². The Labute approximate surface area is 128 Å². The third kappa shape index (κ3) is 1.69. The number of carbonyl (C=O) groups is 2. The number of rotatable bonds is 2. The smallest absolute Gasteiger partial charge is 0.288 e. The number of anilines is 1. The van der Waals surface area contributed by atoms with Crippen LogP contribution >= 0.6 is 0 Å². The number of fused-ring (bicyclic) bond motifs is 2. The van der Waals surface area contributed by atoms with Gasteiger partial charge < -0.3 is 0 Å². The summed E-state index contributed by atoms with van der Waals surface area (Å²) in [6.45, 7) is 2.66. The van der Waals surface area contributed by atoms with Crippen molar-refractivity contribution in [3.8, 4) is 0 Å². The number of hydrogen-bond acceptors (Lipinski definition) is 4. The van der Waals surface area contributed by atoms with E-state index in [1.165, 1.54) is 4.90 Å². The van der Waals surface area contributed by atoms with Gasteiger partial charge in [-0.2, -0.15) is 0 Å². The Bertz CT molecular complexity index is 722. The first-order valence-corrected chi connectivity index (χ1v) is 7.49. The standard InChI is InChI=1S/C17H16N2O3/c1-2-18-13-9-5-4-8-12(13)17(22-18)19-14-10-6-3-7-11(14)15(20)16(19)21/h3-6,8-11,17H,2,7H2,1H3. The number of ketones is 1. The number of Topliss-reactive ketones (excluding diaryl/α,β-unsaturated/α-hetero) is 1. The summed E-state index contributed by atoms with van der Waals surface area (Å²) in [4.78, 5) is 32.2. The van der Waals surface area contributed by atoms with Gasteiger partial charge in [0.2, 0.25) is 5.78 Å². The Hall–Kier alpha value is -2.40. The number of carbonyl (C=O) groups excluding carboxylic acids is 2. The fraction of sp³-hybridized carbons (Fsp3) is 0.294. The second kappa shape index (κ2) is 4.81. The first-order valence-electron chi connectivity index (χ1n) is 7.49. The van der Waals surface area contributed by atoms with E-state index < -0.39 is 12.1 Å². The first kappa shape index (κ1) is 13.3. The van der Waals surface area contributed by atoms with Crippen molar-refractivity contribution >= 4 is 17.4 Å². The van der Waals surface area contributed by atoms with Gasteiger partial charge in [-0.05, 0) is 25.5 Å². The van der Waals surface area contributed by atoms with Crippen LogP contribution in [0.3, 0.4) is 0 Å². The lowest BCUT2D eigenvalue weighted by Crippen LogP contribution is -2.33. The number of amides is 1. The van der Waals surface area contributed by atoms with Gasteiger partial charge in [-0.25, -0.2) is 4.84 Å². The molecule has 1 aliphatic carbocycles. The number of benzene rings is 1.